The maximum Gasteiger partial charge on any atom is 0.245 e. The van der Waals surface area contributed by atoms with Crippen molar-refractivity contribution in [3.63, 3.8) is 0 Å². The number of nitrogens with one attached hydrogen (secondary N) is 1. The molecule has 1 aromatic carbocycles. The van der Waals surface area contributed by atoms with Gasteiger partial charge < -0.3 is 14.7 Å². The van der Waals surface area contributed by atoms with Crippen molar-refractivity contribution in [3.05, 3.63) is 42.2 Å². The first-order valence-corrected chi connectivity index (χ1v) is 9.18. The quantitative estimate of drug-likeness (QED) is 0.730. The lowest BCUT2D eigenvalue weighted by molar-refractivity contribution is -0.134. The van der Waals surface area contributed by atoms with Crippen LogP contribution in [0.3, 0.4) is 0 Å². The molecule has 25 heavy (non-hydrogen) atoms. The average Bonchev–Trinajstić information content (AvgIpc) is 3.02. The van der Waals surface area contributed by atoms with E-state index in [9.17, 15) is 9.59 Å². The van der Waals surface area contributed by atoms with E-state index in [4.69, 9.17) is 4.52 Å². The summed E-state index contributed by atoms with van der Waals surface area (Å²) in [6, 6.07) is 11.4. The van der Waals surface area contributed by atoms with Crippen molar-refractivity contribution in [2.45, 2.75) is 38.1 Å². The number of aryl methyl sites for hydroxylation is 1. The smallest absolute Gasteiger partial charge is 0.245 e. The Morgan fingerprint density at radius 1 is 1.32 bits per heavy atom. The average molecular weight is 361 g/mol. The maximum atomic E-state index is 12.6. The van der Waals surface area contributed by atoms with E-state index in [2.05, 4.69) is 10.5 Å². The minimum Gasteiger partial charge on any atom is -0.360 e. The molecule has 0 saturated heterocycles. The maximum absolute atomic E-state index is 12.6. The van der Waals surface area contributed by atoms with E-state index in [1.54, 1.807) is 17.9 Å². The molecular weight excluding hydrogens is 338 g/mol. The lowest BCUT2D eigenvalue weighted by Gasteiger charge is -2.27. The Kier molecular flexibility index (Phi) is 7.06. The van der Waals surface area contributed by atoms with Crippen LogP contribution < -0.4 is 5.32 Å². The van der Waals surface area contributed by atoms with E-state index in [0.29, 0.717) is 17.3 Å². The van der Waals surface area contributed by atoms with Crippen molar-refractivity contribution in [1.29, 1.82) is 0 Å². The van der Waals surface area contributed by atoms with Gasteiger partial charge in [-0.05, 0) is 32.4 Å². The van der Waals surface area contributed by atoms with Crippen molar-refractivity contribution in [2.24, 2.45) is 0 Å². The highest BCUT2D eigenvalue weighted by Gasteiger charge is 2.22. The SMILES string of the molecule is CCC(C)N(CC(=O)Nc1cc(C)on1)C(=O)CSc1ccccc1. The number of benzene rings is 1. The number of amides is 2. The van der Waals surface area contributed by atoms with Gasteiger partial charge in [-0.25, -0.2) is 0 Å². The van der Waals surface area contributed by atoms with Crippen LogP contribution in [0.4, 0.5) is 5.82 Å². The highest BCUT2D eigenvalue weighted by atomic mass is 32.2. The first-order chi connectivity index (χ1) is 12.0. The van der Waals surface area contributed by atoms with Gasteiger partial charge in [0, 0.05) is 17.0 Å². The standard InChI is InChI=1S/C18H23N3O3S/c1-4-13(2)21(11-17(22)19-16-10-14(3)24-20-16)18(23)12-25-15-8-6-5-7-9-15/h5-10,13H,4,11-12H2,1-3H3,(H,19,20,22). The fraction of sp³-hybridized carbons (Fsp3) is 0.389. The minimum atomic E-state index is -0.285. The van der Waals surface area contributed by atoms with Gasteiger partial charge in [0.15, 0.2) is 5.82 Å². The molecule has 7 heteroatoms. The molecule has 0 saturated carbocycles. The molecular formula is C18H23N3O3S. The fourth-order valence-electron chi connectivity index (χ4n) is 2.22. The summed E-state index contributed by atoms with van der Waals surface area (Å²) in [7, 11) is 0. The second-order valence-corrected chi connectivity index (χ2v) is 6.80. The van der Waals surface area contributed by atoms with Crippen LogP contribution in [0, 0.1) is 6.92 Å². The van der Waals surface area contributed by atoms with E-state index in [1.165, 1.54) is 11.8 Å². The number of rotatable bonds is 8. The predicted octanol–water partition coefficient (Wildman–Crippen LogP) is 3.34. The summed E-state index contributed by atoms with van der Waals surface area (Å²) in [5.41, 5.74) is 0. The highest BCUT2D eigenvalue weighted by molar-refractivity contribution is 8.00. The molecule has 2 rings (SSSR count). The molecule has 0 aliphatic rings. The summed E-state index contributed by atoms with van der Waals surface area (Å²) in [6.07, 6.45) is 0.776. The summed E-state index contributed by atoms with van der Waals surface area (Å²) in [5, 5.41) is 6.39. The summed E-state index contributed by atoms with van der Waals surface area (Å²) < 4.78 is 4.93. The number of hydrogen-bond acceptors (Lipinski definition) is 5. The molecule has 0 aliphatic heterocycles. The molecule has 1 aromatic heterocycles. The number of aromatic nitrogens is 1. The van der Waals surface area contributed by atoms with Crippen LogP contribution in [0.15, 0.2) is 45.8 Å². The minimum absolute atomic E-state index is 0.00486. The molecule has 0 bridgehead atoms. The Bertz CT molecular complexity index is 703. The Morgan fingerprint density at radius 3 is 2.64 bits per heavy atom. The second-order valence-electron chi connectivity index (χ2n) is 5.75. The van der Waals surface area contributed by atoms with Crippen LogP contribution in [-0.2, 0) is 9.59 Å². The molecule has 1 N–H and O–H groups in total. The monoisotopic (exact) mass is 361 g/mol. The molecule has 2 aromatic rings. The van der Waals surface area contributed by atoms with Crippen molar-refractivity contribution in [1.82, 2.24) is 10.1 Å². The van der Waals surface area contributed by atoms with Crippen molar-refractivity contribution >= 4 is 29.4 Å². The van der Waals surface area contributed by atoms with Crippen LogP contribution in [0.1, 0.15) is 26.0 Å². The van der Waals surface area contributed by atoms with E-state index in [0.717, 1.165) is 11.3 Å². The Morgan fingerprint density at radius 2 is 2.04 bits per heavy atom. The molecule has 0 radical (unpaired) electrons. The highest BCUT2D eigenvalue weighted by Crippen LogP contribution is 2.18. The van der Waals surface area contributed by atoms with Gasteiger partial charge in [-0.15, -0.1) is 11.8 Å². The number of anilines is 1. The molecule has 0 spiro atoms. The molecule has 6 nitrogen and oxygen atoms in total. The molecule has 1 unspecified atom stereocenters. The third-order valence-corrected chi connectivity index (χ3v) is 4.75. The summed E-state index contributed by atoms with van der Waals surface area (Å²) in [6.45, 7) is 5.68. The molecule has 1 atom stereocenters. The third-order valence-electron chi connectivity index (χ3n) is 3.76. The van der Waals surface area contributed by atoms with E-state index in [-0.39, 0.29) is 24.4 Å². The zero-order valence-corrected chi connectivity index (χ0v) is 15.5. The van der Waals surface area contributed by atoms with Gasteiger partial charge in [-0.3, -0.25) is 9.59 Å². The van der Waals surface area contributed by atoms with Crippen LogP contribution in [-0.4, -0.2) is 40.2 Å². The number of carbonyl (C=O) groups is 2. The molecule has 0 aliphatic carbocycles. The predicted molar refractivity (Wildman–Crippen MR) is 98.5 cm³/mol. The first-order valence-electron chi connectivity index (χ1n) is 8.20. The van der Waals surface area contributed by atoms with Crippen LogP contribution in [0.25, 0.3) is 0 Å². The van der Waals surface area contributed by atoms with Gasteiger partial charge in [0.25, 0.3) is 0 Å². The second kappa shape index (κ2) is 9.27. The van der Waals surface area contributed by atoms with Gasteiger partial charge in [0.05, 0.1) is 5.75 Å². The Hall–Kier alpha value is -2.28. The molecule has 0 fully saturated rings. The van der Waals surface area contributed by atoms with Crippen LogP contribution in [0.5, 0.6) is 0 Å². The number of hydrogen-bond donors (Lipinski definition) is 1. The van der Waals surface area contributed by atoms with Crippen molar-refractivity contribution < 1.29 is 14.1 Å². The van der Waals surface area contributed by atoms with E-state index in [1.807, 2.05) is 44.2 Å². The Labute approximate surface area is 151 Å². The molecule has 134 valence electrons. The van der Waals surface area contributed by atoms with Gasteiger partial charge in [0.1, 0.15) is 12.3 Å². The van der Waals surface area contributed by atoms with Crippen molar-refractivity contribution in [3.8, 4) is 0 Å². The number of carbonyl (C=O) groups excluding carboxylic acids is 2. The van der Waals surface area contributed by atoms with Crippen LogP contribution in [0.2, 0.25) is 0 Å². The lowest BCUT2D eigenvalue weighted by atomic mass is 10.2. The van der Waals surface area contributed by atoms with Gasteiger partial charge in [-0.1, -0.05) is 30.3 Å². The topological polar surface area (TPSA) is 75.4 Å². The zero-order valence-electron chi connectivity index (χ0n) is 14.7. The summed E-state index contributed by atoms with van der Waals surface area (Å²) in [5.74, 6) is 0.925. The normalized spacial score (nSPS) is 11.8. The van der Waals surface area contributed by atoms with Gasteiger partial charge in [-0.2, -0.15) is 0 Å². The van der Waals surface area contributed by atoms with Gasteiger partial charge >= 0.3 is 0 Å². The fourth-order valence-corrected chi connectivity index (χ4v) is 3.02. The van der Waals surface area contributed by atoms with Gasteiger partial charge in [0.2, 0.25) is 11.8 Å². The molecule has 1 heterocycles. The third kappa shape index (κ3) is 5.94. The number of nitrogens with zero attached hydrogens (tertiary/aromatic N) is 2. The van der Waals surface area contributed by atoms with E-state index >= 15 is 0 Å². The number of thioether (sulfide) groups is 1. The van der Waals surface area contributed by atoms with E-state index < -0.39 is 0 Å². The molecule has 2 amide bonds. The summed E-state index contributed by atoms with van der Waals surface area (Å²) in [4.78, 5) is 27.5. The van der Waals surface area contributed by atoms with Crippen molar-refractivity contribution in [2.75, 3.05) is 17.6 Å². The largest absolute Gasteiger partial charge is 0.360 e. The summed E-state index contributed by atoms with van der Waals surface area (Å²) >= 11 is 1.47. The van der Waals surface area contributed by atoms with Crippen LogP contribution >= 0.6 is 11.8 Å². The first kappa shape index (κ1) is 19.1. The lowest BCUT2D eigenvalue weighted by Crippen LogP contribution is -2.44. The Balaban J connectivity index is 1.94. The zero-order chi connectivity index (χ0) is 18.2.